The molecule has 27 heavy (non-hydrogen) atoms. The third-order valence-corrected chi connectivity index (χ3v) is 5.29. The summed E-state index contributed by atoms with van der Waals surface area (Å²) < 4.78 is 14.9. The van der Waals surface area contributed by atoms with E-state index >= 15 is 0 Å². The van der Waals surface area contributed by atoms with Gasteiger partial charge in [0.15, 0.2) is 11.0 Å². The molecule has 2 atom stereocenters. The summed E-state index contributed by atoms with van der Waals surface area (Å²) in [4.78, 5) is 16.5. The molecule has 3 aromatic rings. The highest BCUT2D eigenvalue weighted by molar-refractivity contribution is 8.00. The van der Waals surface area contributed by atoms with E-state index in [1.807, 2.05) is 37.6 Å². The third kappa shape index (κ3) is 4.51. The van der Waals surface area contributed by atoms with E-state index in [4.69, 9.17) is 0 Å². The van der Waals surface area contributed by atoms with Gasteiger partial charge < -0.3 is 9.88 Å². The first-order chi connectivity index (χ1) is 13.0. The Balaban J connectivity index is 1.65. The Morgan fingerprint density at radius 3 is 2.44 bits per heavy atom. The highest BCUT2D eigenvalue weighted by Crippen LogP contribution is 2.26. The van der Waals surface area contributed by atoms with Gasteiger partial charge in [-0.05, 0) is 43.7 Å². The minimum atomic E-state index is -0.360. The van der Waals surface area contributed by atoms with Crippen LogP contribution in [-0.4, -0.2) is 30.9 Å². The second kappa shape index (κ2) is 8.30. The summed E-state index contributed by atoms with van der Waals surface area (Å²) in [5, 5.41) is 11.6. The molecule has 0 saturated carbocycles. The fraction of sp³-hybridized carbons (Fsp3) is 0.263. The summed E-state index contributed by atoms with van der Waals surface area (Å²) in [6.45, 7) is 3.69. The molecule has 0 bridgehead atoms. The lowest BCUT2D eigenvalue weighted by atomic mass is 10.1. The summed E-state index contributed by atoms with van der Waals surface area (Å²) in [5.74, 6) is 0.297. The standard InChI is InChI=1S/C19H20FN5OS/c1-12(14-4-6-16(20)7-5-14)22-18(26)13(2)27-19-24-23-17(25(19)3)15-8-10-21-11-9-15/h4-13H,1-3H3,(H,22,26)/t12-,13+/m0/s1. The fourth-order valence-corrected chi connectivity index (χ4v) is 3.37. The van der Waals surface area contributed by atoms with Crippen molar-refractivity contribution in [3.05, 3.63) is 60.2 Å². The van der Waals surface area contributed by atoms with E-state index in [0.29, 0.717) is 11.0 Å². The number of hydrogen-bond acceptors (Lipinski definition) is 5. The van der Waals surface area contributed by atoms with Crippen LogP contribution in [0.3, 0.4) is 0 Å². The van der Waals surface area contributed by atoms with Crippen LogP contribution in [0.1, 0.15) is 25.5 Å². The van der Waals surface area contributed by atoms with Crippen molar-refractivity contribution in [3.63, 3.8) is 0 Å². The number of aromatic nitrogens is 4. The molecule has 0 aliphatic heterocycles. The number of hydrogen-bond donors (Lipinski definition) is 1. The summed E-state index contributed by atoms with van der Waals surface area (Å²) in [7, 11) is 1.86. The van der Waals surface area contributed by atoms with Crippen molar-refractivity contribution >= 4 is 17.7 Å². The van der Waals surface area contributed by atoms with Crippen LogP contribution in [0, 0.1) is 5.82 Å². The van der Waals surface area contributed by atoms with Gasteiger partial charge in [0.25, 0.3) is 0 Å². The van der Waals surface area contributed by atoms with E-state index in [9.17, 15) is 9.18 Å². The van der Waals surface area contributed by atoms with E-state index < -0.39 is 0 Å². The van der Waals surface area contributed by atoms with Crippen molar-refractivity contribution in [3.8, 4) is 11.4 Å². The summed E-state index contributed by atoms with van der Waals surface area (Å²) in [6.07, 6.45) is 3.40. The van der Waals surface area contributed by atoms with Crippen molar-refractivity contribution in [2.45, 2.75) is 30.3 Å². The van der Waals surface area contributed by atoms with Crippen LogP contribution in [-0.2, 0) is 11.8 Å². The average molecular weight is 385 g/mol. The smallest absolute Gasteiger partial charge is 0.233 e. The van der Waals surface area contributed by atoms with Gasteiger partial charge in [-0.1, -0.05) is 23.9 Å². The fourth-order valence-electron chi connectivity index (χ4n) is 2.55. The summed E-state index contributed by atoms with van der Waals surface area (Å²) >= 11 is 1.34. The Bertz CT molecular complexity index is 914. The topological polar surface area (TPSA) is 72.7 Å². The van der Waals surface area contributed by atoms with Gasteiger partial charge in [0.05, 0.1) is 11.3 Å². The van der Waals surface area contributed by atoms with Crippen LogP contribution in [0.5, 0.6) is 0 Å². The van der Waals surface area contributed by atoms with E-state index in [2.05, 4.69) is 20.5 Å². The number of thioether (sulfide) groups is 1. The number of amides is 1. The Kier molecular flexibility index (Phi) is 5.85. The zero-order chi connectivity index (χ0) is 19.4. The zero-order valence-electron chi connectivity index (χ0n) is 15.3. The molecule has 3 rings (SSSR count). The third-order valence-electron chi connectivity index (χ3n) is 4.15. The molecular formula is C19H20FN5OS. The van der Waals surface area contributed by atoms with Crippen molar-refractivity contribution in [1.82, 2.24) is 25.1 Å². The van der Waals surface area contributed by atoms with Crippen LogP contribution < -0.4 is 5.32 Å². The number of carbonyl (C=O) groups is 1. The van der Waals surface area contributed by atoms with Gasteiger partial charge >= 0.3 is 0 Å². The molecule has 6 nitrogen and oxygen atoms in total. The second-order valence-corrected chi connectivity index (χ2v) is 7.45. The number of benzene rings is 1. The molecule has 0 unspecified atom stereocenters. The second-order valence-electron chi connectivity index (χ2n) is 6.14. The lowest BCUT2D eigenvalue weighted by Gasteiger charge is -2.17. The van der Waals surface area contributed by atoms with E-state index in [0.717, 1.165) is 11.1 Å². The summed E-state index contributed by atoms with van der Waals surface area (Å²) in [5.41, 5.74) is 1.76. The van der Waals surface area contributed by atoms with Crippen molar-refractivity contribution in [2.75, 3.05) is 0 Å². The molecule has 8 heteroatoms. The molecule has 140 valence electrons. The predicted molar refractivity (Wildman–Crippen MR) is 103 cm³/mol. The van der Waals surface area contributed by atoms with Crippen molar-refractivity contribution in [2.24, 2.45) is 7.05 Å². The lowest BCUT2D eigenvalue weighted by Crippen LogP contribution is -2.33. The molecule has 0 fully saturated rings. The molecule has 0 radical (unpaired) electrons. The van der Waals surface area contributed by atoms with Gasteiger partial charge in [0.1, 0.15) is 5.82 Å². The molecule has 0 aliphatic carbocycles. The minimum absolute atomic E-state index is 0.120. The number of pyridine rings is 1. The molecule has 1 aromatic carbocycles. The molecule has 2 aromatic heterocycles. The quantitative estimate of drug-likeness (QED) is 0.659. The molecule has 1 amide bonds. The molecular weight excluding hydrogens is 365 g/mol. The molecule has 0 spiro atoms. The van der Waals surface area contributed by atoms with Crippen LogP contribution in [0.4, 0.5) is 4.39 Å². The average Bonchev–Trinajstić information content (AvgIpc) is 3.03. The lowest BCUT2D eigenvalue weighted by molar-refractivity contribution is -0.120. The first-order valence-electron chi connectivity index (χ1n) is 8.48. The predicted octanol–water partition coefficient (Wildman–Crippen LogP) is 3.37. The van der Waals surface area contributed by atoms with Gasteiger partial charge in [-0.2, -0.15) is 0 Å². The van der Waals surface area contributed by atoms with Gasteiger partial charge in [0, 0.05) is 25.0 Å². The molecule has 0 saturated heterocycles. The zero-order valence-corrected chi connectivity index (χ0v) is 16.1. The number of halogens is 1. The van der Waals surface area contributed by atoms with Crippen molar-refractivity contribution < 1.29 is 9.18 Å². The van der Waals surface area contributed by atoms with Gasteiger partial charge in [0.2, 0.25) is 5.91 Å². The highest BCUT2D eigenvalue weighted by Gasteiger charge is 2.21. The maximum Gasteiger partial charge on any atom is 0.233 e. The SMILES string of the molecule is C[C@H](NC(=O)[C@@H](C)Sc1nnc(-c2ccncc2)n1C)c1ccc(F)cc1. The van der Waals surface area contributed by atoms with E-state index in [1.165, 1.54) is 23.9 Å². The van der Waals surface area contributed by atoms with Gasteiger partial charge in [-0.15, -0.1) is 10.2 Å². The van der Waals surface area contributed by atoms with Crippen LogP contribution in [0.15, 0.2) is 53.9 Å². The van der Waals surface area contributed by atoms with E-state index in [1.54, 1.807) is 24.5 Å². The number of nitrogens with zero attached hydrogens (tertiary/aromatic N) is 4. The van der Waals surface area contributed by atoms with Crippen molar-refractivity contribution in [1.29, 1.82) is 0 Å². The number of carbonyl (C=O) groups excluding carboxylic acids is 1. The van der Waals surface area contributed by atoms with E-state index in [-0.39, 0.29) is 23.0 Å². The minimum Gasteiger partial charge on any atom is -0.349 e. The molecule has 1 N–H and O–H groups in total. The van der Waals surface area contributed by atoms with Crippen LogP contribution in [0.2, 0.25) is 0 Å². The number of nitrogens with one attached hydrogen (secondary N) is 1. The van der Waals surface area contributed by atoms with Crippen LogP contribution >= 0.6 is 11.8 Å². The normalized spacial score (nSPS) is 13.2. The monoisotopic (exact) mass is 385 g/mol. The summed E-state index contributed by atoms with van der Waals surface area (Å²) in [6, 6.07) is 9.61. The highest BCUT2D eigenvalue weighted by atomic mass is 32.2. The van der Waals surface area contributed by atoms with Gasteiger partial charge in [-0.3, -0.25) is 9.78 Å². The largest absolute Gasteiger partial charge is 0.349 e. The molecule has 0 aliphatic rings. The Labute approximate surface area is 161 Å². The maximum atomic E-state index is 13.0. The Hall–Kier alpha value is -2.74. The number of rotatable bonds is 6. The first-order valence-corrected chi connectivity index (χ1v) is 9.36. The first kappa shape index (κ1) is 19.0. The van der Waals surface area contributed by atoms with Gasteiger partial charge in [-0.25, -0.2) is 4.39 Å². The molecule has 2 heterocycles. The maximum absolute atomic E-state index is 13.0. The Morgan fingerprint density at radius 1 is 1.11 bits per heavy atom. The Morgan fingerprint density at radius 2 is 1.78 bits per heavy atom. The van der Waals surface area contributed by atoms with Crippen LogP contribution in [0.25, 0.3) is 11.4 Å².